The Morgan fingerprint density at radius 3 is 2.67 bits per heavy atom. The first kappa shape index (κ1) is 21.0. The number of aliphatic hydroxyl groups is 1. The van der Waals surface area contributed by atoms with Crippen molar-refractivity contribution in [3.8, 4) is 0 Å². The summed E-state index contributed by atoms with van der Waals surface area (Å²) in [7, 11) is 0. The van der Waals surface area contributed by atoms with Crippen LogP contribution in [0.5, 0.6) is 0 Å². The summed E-state index contributed by atoms with van der Waals surface area (Å²) in [4.78, 5) is 32.3. The third kappa shape index (κ3) is 3.41. The van der Waals surface area contributed by atoms with Crippen molar-refractivity contribution in [2.75, 3.05) is 0 Å². The molecule has 166 valence electrons. The summed E-state index contributed by atoms with van der Waals surface area (Å²) in [6.07, 6.45) is 3.34. The molecular weight excluding hydrogens is 442 g/mol. The van der Waals surface area contributed by atoms with E-state index in [1.807, 2.05) is 36.6 Å². The number of carbonyl (C=O) groups excluding carboxylic acids is 2. The average molecular weight is 462 g/mol. The molecule has 1 aliphatic rings. The Kier molecular flexibility index (Phi) is 5.06. The number of hydrogen-bond acceptors (Lipinski definition) is 5. The van der Waals surface area contributed by atoms with Crippen molar-refractivity contribution in [1.82, 2.24) is 14.3 Å². The lowest BCUT2D eigenvalue weighted by molar-refractivity contribution is -0.140. The summed E-state index contributed by atoms with van der Waals surface area (Å²) in [6.45, 7) is 3.79. The highest BCUT2D eigenvalue weighted by molar-refractivity contribution is 6.46. The SMILES string of the molecule is Cc1cccn2c(C)c(/C(O)=C3\C(=O)C(=O)N(Cc4ccco4)C3c3cccc(Cl)c3)nc12. The van der Waals surface area contributed by atoms with Crippen LogP contribution in [0.25, 0.3) is 11.4 Å². The third-order valence-electron chi connectivity index (χ3n) is 5.92. The zero-order valence-electron chi connectivity index (χ0n) is 17.9. The van der Waals surface area contributed by atoms with Crippen molar-refractivity contribution < 1.29 is 19.1 Å². The Balaban J connectivity index is 1.72. The van der Waals surface area contributed by atoms with Gasteiger partial charge in [0, 0.05) is 11.2 Å². The van der Waals surface area contributed by atoms with Crippen LogP contribution in [0.1, 0.15) is 34.3 Å². The van der Waals surface area contributed by atoms with Crippen molar-refractivity contribution in [2.45, 2.75) is 26.4 Å². The van der Waals surface area contributed by atoms with Crippen LogP contribution in [-0.2, 0) is 16.1 Å². The highest BCUT2D eigenvalue weighted by Gasteiger charge is 2.47. The lowest BCUT2D eigenvalue weighted by atomic mass is 9.96. The van der Waals surface area contributed by atoms with Crippen molar-refractivity contribution in [2.24, 2.45) is 0 Å². The minimum Gasteiger partial charge on any atom is -0.505 e. The number of Topliss-reactive ketones (excluding diaryl/α,β-unsaturated/α-hetero) is 1. The first-order chi connectivity index (χ1) is 15.9. The van der Waals surface area contributed by atoms with Gasteiger partial charge in [0.25, 0.3) is 11.7 Å². The molecule has 0 saturated carbocycles. The van der Waals surface area contributed by atoms with E-state index in [2.05, 4.69) is 4.98 Å². The van der Waals surface area contributed by atoms with Crippen molar-refractivity contribution >= 4 is 34.7 Å². The van der Waals surface area contributed by atoms with Crippen molar-refractivity contribution in [3.63, 3.8) is 0 Å². The number of nitrogens with zero attached hydrogens (tertiary/aromatic N) is 3. The summed E-state index contributed by atoms with van der Waals surface area (Å²) in [5, 5.41) is 11.8. The Bertz CT molecular complexity index is 1440. The number of pyridine rings is 1. The van der Waals surface area contributed by atoms with E-state index in [9.17, 15) is 14.7 Å². The molecule has 1 aliphatic heterocycles. The molecule has 0 aliphatic carbocycles. The normalized spacial score (nSPS) is 17.9. The maximum absolute atomic E-state index is 13.2. The van der Waals surface area contributed by atoms with Crippen LogP contribution >= 0.6 is 11.6 Å². The van der Waals surface area contributed by atoms with E-state index < -0.39 is 17.7 Å². The molecule has 1 aromatic carbocycles. The molecule has 4 heterocycles. The Morgan fingerprint density at radius 2 is 1.97 bits per heavy atom. The Hall–Kier alpha value is -3.84. The molecule has 1 atom stereocenters. The number of amides is 1. The highest BCUT2D eigenvalue weighted by atomic mass is 35.5. The largest absolute Gasteiger partial charge is 0.505 e. The number of benzene rings is 1. The van der Waals surface area contributed by atoms with E-state index in [0.29, 0.717) is 27.7 Å². The summed E-state index contributed by atoms with van der Waals surface area (Å²) < 4.78 is 7.26. The van der Waals surface area contributed by atoms with Gasteiger partial charge >= 0.3 is 0 Å². The number of aryl methyl sites for hydroxylation is 2. The number of fused-ring (bicyclic) bond motifs is 1. The summed E-state index contributed by atoms with van der Waals surface area (Å²) in [6, 6.07) is 13.3. The fourth-order valence-corrected chi connectivity index (χ4v) is 4.51. The topological polar surface area (TPSA) is 88.0 Å². The number of carbonyl (C=O) groups is 2. The van der Waals surface area contributed by atoms with E-state index in [-0.39, 0.29) is 23.6 Å². The molecule has 33 heavy (non-hydrogen) atoms. The van der Waals surface area contributed by atoms with Gasteiger partial charge in [-0.25, -0.2) is 4.98 Å². The predicted octanol–water partition coefficient (Wildman–Crippen LogP) is 4.82. The molecule has 4 aromatic rings. The summed E-state index contributed by atoms with van der Waals surface area (Å²) in [5.41, 5.74) is 3.08. The molecule has 3 aromatic heterocycles. The zero-order chi connectivity index (χ0) is 23.3. The van der Waals surface area contributed by atoms with Crippen molar-refractivity contribution in [3.05, 3.63) is 99.9 Å². The first-order valence-corrected chi connectivity index (χ1v) is 10.8. The van der Waals surface area contributed by atoms with Gasteiger partial charge in [0.2, 0.25) is 0 Å². The van der Waals surface area contributed by atoms with E-state index in [4.69, 9.17) is 16.0 Å². The third-order valence-corrected chi connectivity index (χ3v) is 6.15. The fraction of sp³-hybridized carbons (Fsp3) is 0.160. The van der Waals surface area contributed by atoms with Crippen LogP contribution in [0.15, 0.2) is 71.0 Å². The van der Waals surface area contributed by atoms with Crippen LogP contribution < -0.4 is 0 Å². The van der Waals surface area contributed by atoms with Crippen LogP contribution in [0, 0.1) is 13.8 Å². The van der Waals surface area contributed by atoms with Gasteiger partial charge < -0.3 is 18.8 Å². The molecule has 0 spiro atoms. The van der Waals surface area contributed by atoms with Crippen LogP contribution in [0.3, 0.4) is 0 Å². The van der Waals surface area contributed by atoms with Gasteiger partial charge in [0.1, 0.15) is 17.1 Å². The van der Waals surface area contributed by atoms with Gasteiger partial charge in [-0.1, -0.05) is 29.8 Å². The highest BCUT2D eigenvalue weighted by Crippen LogP contribution is 2.41. The lowest BCUT2D eigenvalue weighted by Gasteiger charge is -2.24. The minimum absolute atomic E-state index is 0.0296. The minimum atomic E-state index is -0.848. The molecule has 1 amide bonds. The Labute approximate surface area is 194 Å². The Morgan fingerprint density at radius 1 is 1.15 bits per heavy atom. The number of hydrogen-bond donors (Lipinski definition) is 1. The second kappa shape index (κ2) is 7.94. The van der Waals surface area contributed by atoms with E-state index in [1.54, 1.807) is 36.4 Å². The lowest BCUT2D eigenvalue weighted by Crippen LogP contribution is -2.29. The maximum Gasteiger partial charge on any atom is 0.296 e. The molecule has 1 saturated heterocycles. The van der Waals surface area contributed by atoms with Gasteiger partial charge in [-0.15, -0.1) is 0 Å². The van der Waals surface area contributed by atoms with Gasteiger partial charge in [-0.3, -0.25) is 9.59 Å². The number of aliphatic hydroxyl groups excluding tert-OH is 1. The number of likely N-dealkylation sites (tertiary alicyclic amines) is 1. The number of ketones is 1. The van der Waals surface area contributed by atoms with E-state index in [0.717, 1.165) is 5.56 Å². The van der Waals surface area contributed by atoms with Crippen molar-refractivity contribution in [1.29, 1.82) is 0 Å². The van der Waals surface area contributed by atoms with E-state index >= 15 is 0 Å². The number of imidazole rings is 1. The number of rotatable bonds is 4. The quantitative estimate of drug-likeness (QED) is 0.267. The van der Waals surface area contributed by atoms with Crippen LogP contribution in [0.4, 0.5) is 0 Å². The monoisotopic (exact) mass is 461 g/mol. The number of halogens is 1. The molecule has 1 fully saturated rings. The maximum atomic E-state index is 13.2. The van der Waals surface area contributed by atoms with Crippen LogP contribution in [-0.4, -0.2) is 31.1 Å². The standard InChI is InChI=1S/C25H20ClN3O4/c1-14-6-4-10-28-15(2)20(27-24(14)28)22(30)19-21(16-7-3-8-17(26)12-16)29(25(32)23(19)31)13-18-9-5-11-33-18/h3-12,21,30H,13H2,1-2H3/b22-19+. The molecule has 1 N–H and O–H groups in total. The number of furan rings is 1. The van der Waals surface area contributed by atoms with E-state index in [1.165, 1.54) is 11.2 Å². The molecule has 7 nitrogen and oxygen atoms in total. The molecular formula is C25H20ClN3O4. The van der Waals surface area contributed by atoms with Gasteiger partial charge in [-0.2, -0.15) is 0 Å². The number of aromatic nitrogens is 2. The molecule has 0 bridgehead atoms. The van der Waals surface area contributed by atoms with Gasteiger partial charge in [0.05, 0.1) is 30.1 Å². The average Bonchev–Trinajstić information content (AvgIpc) is 3.49. The second-order valence-electron chi connectivity index (χ2n) is 7.99. The first-order valence-electron chi connectivity index (χ1n) is 10.4. The summed E-state index contributed by atoms with van der Waals surface area (Å²) in [5.74, 6) is -1.31. The smallest absolute Gasteiger partial charge is 0.296 e. The zero-order valence-corrected chi connectivity index (χ0v) is 18.7. The summed E-state index contributed by atoms with van der Waals surface area (Å²) >= 11 is 6.23. The molecule has 1 unspecified atom stereocenters. The second-order valence-corrected chi connectivity index (χ2v) is 8.43. The fourth-order valence-electron chi connectivity index (χ4n) is 4.31. The van der Waals surface area contributed by atoms with Crippen LogP contribution in [0.2, 0.25) is 5.02 Å². The van der Waals surface area contributed by atoms with Gasteiger partial charge in [-0.05, 0) is 55.3 Å². The molecule has 8 heteroatoms. The molecule has 5 rings (SSSR count). The predicted molar refractivity (Wildman–Crippen MR) is 123 cm³/mol. The van der Waals surface area contributed by atoms with Gasteiger partial charge in [0.15, 0.2) is 5.76 Å². The molecule has 0 radical (unpaired) electrons.